The lowest BCUT2D eigenvalue weighted by molar-refractivity contribution is -0.120. The average molecular weight is 137 g/mol. The second-order valence-electron chi connectivity index (χ2n) is 1.61. The van der Waals surface area contributed by atoms with E-state index in [0.717, 1.165) is 0 Å². The van der Waals surface area contributed by atoms with Crippen LogP contribution in [-0.4, -0.2) is 11.9 Å². The molecule has 0 aromatic heterocycles. The van der Waals surface area contributed by atoms with Gasteiger partial charge in [0, 0.05) is 6.42 Å². The van der Waals surface area contributed by atoms with Gasteiger partial charge >= 0.3 is 0 Å². The Morgan fingerprint density at radius 2 is 2.10 bits per heavy atom. The van der Waals surface area contributed by atoms with E-state index in [4.69, 9.17) is 10.5 Å². The molecule has 1 N–H and O–H groups in total. The Kier molecular flexibility index (Phi) is 3.67. The van der Waals surface area contributed by atoms with Gasteiger partial charge in [-0.2, -0.15) is 10.5 Å². The molecule has 0 aliphatic carbocycles. The molecule has 0 bridgehead atoms. The Labute approximate surface area is 59.1 Å². The summed E-state index contributed by atoms with van der Waals surface area (Å²) in [5, 5.41) is 18.6. The standard InChI is InChI=1S/C6H7N3O/c1-2-6(10)9-5(3-7)4-8/h5H,2H2,1H3,(H,9,10). The summed E-state index contributed by atoms with van der Waals surface area (Å²) in [5.74, 6) is -0.284. The highest BCUT2D eigenvalue weighted by Gasteiger charge is 2.06. The van der Waals surface area contributed by atoms with Crippen LogP contribution < -0.4 is 5.32 Å². The lowest BCUT2D eigenvalue weighted by Gasteiger charge is -1.99. The summed E-state index contributed by atoms with van der Waals surface area (Å²) in [6.07, 6.45) is 0.292. The molecule has 0 radical (unpaired) electrons. The van der Waals surface area contributed by atoms with Gasteiger partial charge in [-0.15, -0.1) is 0 Å². The zero-order valence-electron chi connectivity index (χ0n) is 5.59. The van der Waals surface area contributed by atoms with Gasteiger partial charge in [-0.1, -0.05) is 6.92 Å². The van der Waals surface area contributed by atoms with E-state index in [2.05, 4.69) is 5.32 Å². The van der Waals surface area contributed by atoms with Gasteiger partial charge in [-0.25, -0.2) is 0 Å². The van der Waals surface area contributed by atoms with Crippen LogP contribution in [0.25, 0.3) is 0 Å². The molecule has 1 amide bonds. The van der Waals surface area contributed by atoms with Crippen molar-refractivity contribution >= 4 is 5.91 Å². The van der Waals surface area contributed by atoms with Gasteiger partial charge in [-0.05, 0) is 0 Å². The first-order chi connectivity index (χ1) is 4.74. The molecule has 0 atom stereocenters. The number of hydrogen-bond donors (Lipinski definition) is 1. The third-order valence-corrected chi connectivity index (χ3v) is 0.885. The summed E-state index contributed by atoms with van der Waals surface area (Å²) in [5.41, 5.74) is 0. The van der Waals surface area contributed by atoms with Crippen molar-refractivity contribution in [2.24, 2.45) is 0 Å². The van der Waals surface area contributed by atoms with Gasteiger partial charge in [-0.3, -0.25) is 4.79 Å². The van der Waals surface area contributed by atoms with Crippen LogP contribution in [0.1, 0.15) is 13.3 Å². The summed E-state index contributed by atoms with van der Waals surface area (Å²) in [6.45, 7) is 1.65. The zero-order valence-corrected chi connectivity index (χ0v) is 5.59. The molecule has 0 saturated carbocycles. The number of nitriles is 2. The van der Waals surface area contributed by atoms with Crippen LogP contribution in [0, 0.1) is 22.7 Å². The van der Waals surface area contributed by atoms with Gasteiger partial charge in [0.05, 0.1) is 0 Å². The van der Waals surface area contributed by atoms with Gasteiger partial charge < -0.3 is 5.32 Å². The van der Waals surface area contributed by atoms with E-state index in [9.17, 15) is 4.79 Å². The fraction of sp³-hybridized carbons (Fsp3) is 0.500. The summed E-state index contributed by atoms with van der Waals surface area (Å²) in [4.78, 5) is 10.5. The summed E-state index contributed by atoms with van der Waals surface area (Å²) < 4.78 is 0. The first-order valence-corrected chi connectivity index (χ1v) is 2.83. The zero-order chi connectivity index (χ0) is 7.98. The van der Waals surface area contributed by atoms with E-state index in [1.807, 2.05) is 0 Å². The van der Waals surface area contributed by atoms with Crippen molar-refractivity contribution in [1.82, 2.24) is 5.32 Å². The number of hydrogen-bond acceptors (Lipinski definition) is 3. The first kappa shape index (κ1) is 8.45. The van der Waals surface area contributed by atoms with Crippen molar-refractivity contribution in [3.63, 3.8) is 0 Å². The van der Waals surface area contributed by atoms with Crippen LogP contribution in [0.4, 0.5) is 0 Å². The van der Waals surface area contributed by atoms with Crippen LogP contribution in [-0.2, 0) is 4.79 Å². The normalized spacial score (nSPS) is 8.00. The van der Waals surface area contributed by atoms with Crippen molar-refractivity contribution in [2.75, 3.05) is 0 Å². The SMILES string of the molecule is CCC(=O)NC(C#N)C#N. The molecule has 4 nitrogen and oxygen atoms in total. The third kappa shape index (κ3) is 2.68. The Morgan fingerprint density at radius 1 is 1.60 bits per heavy atom. The Bertz CT molecular complexity index is 184. The molecule has 0 spiro atoms. The maximum atomic E-state index is 10.5. The predicted molar refractivity (Wildman–Crippen MR) is 33.4 cm³/mol. The van der Waals surface area contributed by atoms with Crippen LogP contribution in [0.5, 0.6) is 0 Å². The van der Waals surface area contributed by atoms with E-state index in [1.165, 1.54) is 0 Å². The number of carbonyl (C=O) groups excluding carboxylic acids is 1. The quantitative estimate of drug-likeness (QED) is 0.578. The smallest absolute Gasteiger partial charge is 0.221 e. The highest BCUT2D eigenvalue weighted by molar-refractivity contribution is 5.76. The lowest BCUT2D eigenvalue weighted by atomic mass is 10.3. The fourth-order valence-electron chi connectivity index (χ4n) is 0.356. The summed E-state index contributed by atoms with van der Waals surface area (Å²) in [6, 6.07) is 2.24. The van der Waals surface area contributed by atoms with E-state index in [1.54, 1.807) is 19.1 Å². The highest BCUT2D eigenvalue weighted by Crippen LogP contribution is 1.80. The molecule has 0 aliphatic rings. The minimum Gasteiger partial charge on any atom is -0.329 e. The monoisotopic (exact) mass is 137 g/mol. The maximum absolute atomic E-state index is 10.5. The molecule has 4 heteroatoms. The summed E-state index contributed by atoms with van der Waals surface area (Å²) in [7, 11) is 0. The minimum absolute atomic E-state index is 0.284. The van der Waals surface area contributed by atoms with Crippen molar-refractivity contribution in [3.8, 4) is 12.1 Å². The molecule has 0 heterocycles. The van der Waals surface area contributed by atoms with E-state index >= 15 is 0 Å². The number of carbonyl (C=O) groups is 1. The topological polar surface area (TPSA) is 76.7 Å². The number of amides is 1. The first-order valence-electron chi connectivity index (χ1n) is 2.83. The Balaban J connectivity index is 3.81. The summed E-state index contributed by atoms with van der Waals surface area (Å²) >= 11 is 0. The van der Waals surface area contributed by atoms with E-state index in [0.29, 0.717) is 6.42 Å². The second kappa shape index (κ2) is 4.34. The number of rotatable bonds is 2. The third-order valence-electron chi connectivity index (χ3n) is 0.885. The van der Waals surface area contributed by atoms with Crippen LogP contribution in [0.3, 0.4) is 0 Å². The molecule has 0 aromatic carbocycles. The van der Waals surface area contributed by atoms with Crippen molar-refractivity contribution in [1.29, 1.82) is 10.5 Å². The van der Waals surface area contributed by atoms with Crippen molar-refractivity contribution in [3.05, 3.63) is 0 Å². The minimum atomic E-state index is -1.01. The van der Waals surface area contributed by atoms with Gasteiger partial charge in [0.15, 0.2) is 0 Å². The van der Waals surface area contributed by atoms with Crippen molar-refractivity contribution in [2.45, 2.75) is 19.4 Å². The Morgan fingerprint density at radius 3 is 2.40 bits per heavy atom. The molecular formula is C6H7N3O. The van der Waals surface area contributed by atoms with E-state index < -0.39 is 6.04 Å². The molecule has 0 aromatic rings. The van der Waals surface area contributed by atoms with E-state index in [-0.39, 0.29) is 5.91 Å². The van der Waals surface area contributed by atoms with Crippen LogP contribution >= 0.6 is 0 Å². The molecule has 10 heavy (non-hydrogen) atoms. The molecule has 0 saturated heterocycles. The second-order valence-corrected chi connectivity index (χ2v) is 1.61. The number of nitrogens with one attached hydrogen (secondary N) is 1. The van der Waals surface area contributed by atoms with Crippen LogP contribution in [0.2, 0.25) is 0 Å². The largest absolute Gasteiger partial charge is 0.329 e. The lowest BCUT2D eigenvalue weighted by Crippen LogP contribution is -2.31. The average Bonchev–Trinajstić information content (AvgIpc) is 1.99. The van der Waals surface area contributed by atoms with Gasteiger partial charge in [0.1, 0.15) is 12.1 Å². The highest BCUT2D eigenvalue weighted by atomic mass is 16.1. The number of nitrogens with zero attached hydrogens (tertiary/aromatic N) is 2. The molecule has 0 unspecified atom stereocenters. The maximum Gasteiger partial charge on any atom is 0.221 e. The molecular weight excluding hydrogens is 130 g/mol. The fourth-order valence-corrected chi connectivity index (χ4v) is 0.356. The molecule has 0 aliphatic heterocycles. The van der Waals surface area contributed by atoms with Gasteiger partial charge in [0.25, 0.3) is 0 Å². The molecule has 52 valence electrons. The van der Waals surface area contributed by atoms with Crippen LogP contribution in [0.15, 0.2) is 0 Å². The van der Waals surface area contributed by atoms with Gasteiger partial charge in [0.2, 0.25) is 11.9 Å². The Hall–Kier alpha value is -1.55. The van der Waals surface area contributed by atoms with Crippen molar-refractivity contribution < 1.29 is 4.79 Å². The predicted octanol–water partition coefficient (Wildman–Crippen LogP) is -0.0716. The molecule has 0 fully saturated rings. The molecule has 0 rings (SSSR count).